The van der Waals surface area contributed by atoms with Gasteiger partial charge in [0.15, 0.2) is 11.6 Å². The summed E-state index contributed by atoms with van der Waals surface area (Å²) in [5, 5.41) is 1.58. The Kier molecular flexibility index (Phi) is 3.23. The van der Waals surface area contributed by atoms with E-state index in [-0.39, 0.29) is 39.4 Å². The van der Waals surface area contributed by atoms with E-state index in [1.54, 1.807) is 12.1 Å². The van der Waals surface area contributed by atoms with Gasteiger partial charge in [0.2, 0.25) is 5.95 Å². The molecule has 0 atom stereocenters. The molecule has 8 rings (SSSR count). The molecular weight excluding hydrogens is 487 g/mol. The Morgan fingerprint density at radius 3 is 1.97 bits per heavy atom. The van der Waals surface area contributed by atoms with Gasteiger partial charge in [-0.2, -0.15) is 9.97 Å². The summed E-state index contributed by atoms with van der Waals surface area (Å²) >= 11 is 0. The predicted octanol–water partition coefficient (Wildman–Crippen LogP) is 8.34. The fourth-order valence-corrected chi connectivity index (χ4v) is 4.81. The average Bonchev–Trinajstić information content (AvgIpc) is 3.64. The molecule has 0 aliphatic rings. The van der Waals surface area contributed by atoms with Crippen molar-refractivity contribution in [3.63, 3.8) is 0 Å². The molecule has 5 aromatic carbocycles. The Morgan fingerprint density at radius 2 is 1.23 bits per heavy atom. The first-order valence-corrected chi connectivity index (χ1v) is 12.0. The van der Waals surface area contributed by atoms with Gasteiger partial charge < -0.3 is 4.42 Å². The Morgan fingerprint density at radius 1 is 0.615 bits per heavy atom. The lowest BCUT2D eigenvalue weighted by molar-refractivity contribution is 0.628. The first-order chi connectivity index (χ1) is 22.5. The standard InChI is InChI=1S/C33H19FN4O/c34-22-16-13-20(14-17-22)31-35-32(21-15-18-26-25-9-3-6-12-29(25)39-30(26)19-21)37-33(36-31)38-27-10-4-1-7-23(27)24-8-2-5-11-28(24)38/h1-19H/i1D,2D,4D,5D,7D,8D,10D,11D. The van der Waals surface area contributed by atoms with Gasteiger partial charge in [0.25, 0.3) is 0 Å². The molecule has 0 fully saturated rings. The van der Waals surface area contributed by atoms with Crippen LogP contribution in [0.4, 0.5) is 4.39 Å². The maximum atomic E-state index is 13.9. The molecule has 0 aliphatic heterocycles. The highest BCUT2D eigenvalue weighted by atomic mass is 19.1. The predicted molar refractivity (Wildman–Crippen MR) is 152 cm³/mol. The second-order valence-corrected chi connectivity index (χ2v) is 8.88. The number of halogens is 1. The molecule has 8 aromatic rings. The first kappa shape index (κ1) is 15.1. The Labute approximate surface area is 233 Å². The quantitative estimate of drug-likeness (QED) is 0.238. The number of para-hydroxylation sites is 3. The van der Waals surface area contributed by atoms with E-state index in [2.05, 4.69) is 9.97 Å². The third-order valence-electron chi connectivity index (χ3n) is 6.60. The molecule has 0 bridgehead atoms. The van der Waals surface area contributed by atoms with Crippen molar-refractivity contribution in [3.05, 3.63) is 121 Å². The summed E-state index contributed by atoms with van der Waals surface area (Å²) in [4.78, 5) is 14.0. The third-order valence-corrected chi connectivity index (χ3v) is 6.60. The zero-order valence-electron chi connectivity index (χ0n) is 27.9. The van der Waals surface area contributed by atoms with Crippen LogP contribution < -0.4 is 0 Å². The van der Waals surface area contributed by atoms with Crippen LogP contribution >= 0.6 is 0 Å². The van der Waals surface area contributed by atoms with Gasteiger partial charge in [0.1, 0.15) is 17.0 Å². The van der Waals surface area contributed by atoms with Crippen molar-refractivity contribution in [1.82, 2.24) is 19.5 Å². The zero-order valence-corrected chi connectivity index (χ0v) is 19.9. The van der Waals surface area contributed by atoms with Gasteiger partial charge in [-0.15, -0.1) is 0 Å². The van der Waals surface area contributed by atoms with Crippen molar-refractivity contribution < 1.29 is 19.8 Å². The lowest BCUT2D eigenvalue weighted by Gasteiger charge is -2.11. The van der Waals surface area contributed by atoms with E-state index in [9.17, 15) is 4.39 Å². The Hall–Kier alpha value is -5.36. The van der Waals surface area contributed by atoms with Crippen LogP contribution in [0.2, 0.25) is 0 Å². The van der Waals surface area contributed by atoms with E-state index in [0.29, 0.717) is 22.3 Å². The smallest absolute Gasteiger partial charge is 0.238 e. The first-order valence-electron chi connectivity index (χ1n) is 16.0. The topological polar surface area (TPSA) is 56.7 Å². The summed E-state index contributed by atoms with van der Waals surface area (Å²) in [5.41, 5.74) is 1.91. The van der Waals surface area contributed by atoms with Crippen molar-refractivity contribution in [2.75, 3.05) is 0 Å². The maximum Gasteiger partial charge on any atom is 0.238 e. The number of nitrogens with zero attached hydrogens (tertiary/aromatic N) is 4. The zero-order chi connectivity index (χ0) is 32.9. The van der Waals surface area contributed by atoms with E-state index in [1.807, 2.05) is 30.3 Å². The van der Waals surface area contributed by atoms with Gasteiger partial charge in [-0.3, -0.25) is 4.57 Å². The summed E-state index contributed by atoms with van der Waals surface area (Å²) < 4.78 is 89.8. The highest BCUT2D eigenvalue weighted by Gasteiger charge is 2.18. The van der Waals surface area contributed by atoms with Gasteiger partial charge in [-0.05, 0) is 54.5 Å². The van der Waals surface area contributed by atoms with Crippen molar-refractivity contribution in [3.8, 4) is 28.7 Å². The van der Waals surface area contributed by atoms with Crippen molar-refractivity contribution in [2.45, 2.75) is 0 Å². The summed E-state index contributed by atoms with van der Waals surface area (Å²) in [6.45, 7) is 0. The highest BCUT2D eigenvalue weighted by molar-refractivity contribution is 6.09. The lowest BCUT2D eigenvalue weighted by atomic mass is 10.1. The number of aromatic nitrogens is 4. The molecule has 3 aromatic heterocycles. The van der Waals surface area contributed by atoms with Gasteiger partial charge >= 0.3 is 0 Å². The van der Waals surface area contributed by atoms with Crippen LogP contribution in [0.1, 0.15) is 11.0 Å². The second-order valence-electron chi connectivity index (χ2n) is 8.88. The van der Waals surface area contributed by atoms with E-state index >= 15 is 0 Å². The van der Waals surface area contributed by atoms with Crippen LogP contribution in [0.5, 0.6) is 0 Å². The van der Waals surface area contributed by atoms with Gasteiger partial charge in [0, 0.05) is 32.7 Å². The number of rotatable bonds is 3. The van der Waals surface area contributed by atoms with Crippen LogP contribution in [0.15, 0.2) is 119 Å². The molecule has 184 valence electrons. The van der Waals surface area contributed by atoms with Crippen molar-refractivity contribution in [2.24, 2.45) is 0 Å². The van der Waals surface area contributed by atoms with Gasteiger partial charge in [-0.25, -0.2) is 9.37 Å². The number of hydrogen-bond acceptors (Lipinski definition) is 4. The second kappa shape index (κ2) is 8.33. The minimum atomic E-state index is -0.565. The highest BCUT2D eigenvalue weighted by Crippen LogP contribution is 2.34. The molecule has 0 radical (unpaired) electrons. The van der Waals surface area contributed by atoms with Crippen LogP contribution in [0, 0.1) is 5.82 Å². The minimum Gasteiger partial charge on any atom is -0.456 e. The average molecular weight is 515 g/mol. The molecule has 5 nitrogen and oxygen atoms in total. The van der Waals surface area contributed by atoms with Crippen LogP contribution in [0.25, 0.3) is 72.5 Å². The molecule has 0 unspecified atom stereocenters. The Bertz CT molecular complexity index is 2560. The minimum absolute atomic E-state index is 0.0892. The molecule has 0 aliphatic carbocycles. The van der Waals surface area contributed by atoms with Gasteiger partial charge in [-0.1, -0.05) is 60.5 Å². The summed E-state index contributed by atoms with van der Waals surface area (Å²) in [6, 6.07) is 14.3. The largest absolute Gasteiger partial charge is 0.456 e. The summed E-state index contributed by atoms with van der Waals surface area (Å²) in [5.74, 6) is -0.429. The molecule has 3 heterocycles. The van der Waals surface area contributed by atoms with Crippen LogP contribution in [0.3, 0.4) is 0 Å². The van der Waals surface area contributed by atoms with E-state index < -0.39 is 54.2 Å². The fourth-order valence-electron chi connectivity index (χ4n) is 4.81. The molecule has 0 saturated heterocycles. The van der Waals surface area contributed by atoms with Crippen LogP contribution in [-0.2, 0) is 0 Å². The van der Waals surface area contributed by atoms with Gasteiger partial charge in [0.05, 0.1) is 22.0 Å². The SMILES string of the molecule is [2H]c1c([2H])c([2H])c2c(c1[2H])c1c([2H])c([2H])c([2H])c([2H])c1n2-c1nc(-c2ccc(F)cc2)nc(-c2ccc3c(c2)oc2ccccc23)n1. The molecule has 0 N–H and O–H groups in total. The molecular formula is C33H19FN4O. The van der Waals surface area contributed by atoms with Crippen molar-refractivity contribution in [1.29, 1.82) is 0 Å². The van der Waals surface area contributed by atoms with E-state index in [0.717, 1.165) is 10.8 Å². The number of benzene rings is 5. The normalized spacial score (nSPS) is 14.6. The van der Waals surface area contributed by atoms with Crippen LogP contribution in [-0.4, -0.2) is 19.5 Å². The van der Waals surface area contributed by atoms with E-state index in [1.165, 1.54) is 28.8 Å². The monoisotopic (exact) mass is 514 g/mol. The molecule has 0 amide bonds. The van der Waals surface area contributed by atoms with E-state index in [4.69, 9.17) is 20.4 Å². The molecule has 39 heavy (non-hydrogen) atoms. The fraction of sp³-hybridized carbons (Fsp3) is 0. The third kappa shape index (κ3) is 3.42. The molecule has 0 spiro atoms. The van der Waals surface area contributed by atoms with Crippen molar-refractivity contribution >= 4 is 43.7 Å². The number of fused-ring (bicyclic) bond motifs is 6. The number of hydrogen-bond donors (Lipinski definition) is 0. The summed E-state index contributed by atoms with van der Waals surface area (Å²) in [6.07, 6.45) is 0. The Balaban J connectivity index is 1.51. The molecule has 6 heteroatoms. The lowest BCUT2D eigenvalue weighted by Crippen LogP contribution is -2.06. The molecule has 0 saturated carbocycles. The summed E-state index contributed by atoms with van der Waals surface area (Å²) in [7, 11) is 0. The maximum absolute atomic E-state index is 13.9. The number of furan rings is 1.